The zero-order chi connectivity index (χ0) is 6.27. The molecule has 0 bridgehead atoms. The minimum atomic E-state index is 0.980. The van der Waals surface area contributed by atoms with E-state index in [0.717, 1.165) is 11.8 Å². The van der Waals surface area contributed by atoms with Gasteiger partial charge in [-0.2, -0.15) is 0 Å². The SMILES string of the molecule is C[CH]C1CCC2CC2C1. The van der Waals surface area contributed by atoms with Crippen LogP contribution in [0.5, 0.6) is 0 Å². The van der Waals surface area contributed by atoms with Gasteiger partial charge in [0, 0.05) is 0 Å². The van der Waals surface area contributed by atoms with E-state index < -0.39 is 0 Å². The van der Waals surface area contributed by atoms with Crippen LogP contribution >= 0.6 is 0 Å². The highest BCUT2D eigenvalue weighted by molar-refractivity contribution is 4.94. The Kier molecular flexibility index (Phi) is 1.28. The molecule has 0 aromatic carbocycles. The molecule has 0 nitrogen and oxygen atoms in total. The van der Waals surface area contributed by atoms with Crippen molar-refractivity contribution in [3.63, 3.8) is 0 Å². The van der Waals surface area contributed by atoms with E-state index in [1.165, 1.54) is 25.2 Å². The van der Waals surface area contributed by atoms with E-state index in [1.54, 1.807) is 6.42 Å². The van der Waals surface area contributed by atoms with E-state index in [-0.39, 0.29) is 0 Å². The summed E-state index contributed by atoms with van der Waals surface area (Å²) in [4.78, 5) is 0. The van der Waals surface area contributed by atoms with Crippen LogP contribution in [-0.2, 0) is 0 Å². The number of fused-ring (bicyclic) bond motifs is 1. The Morgan fingerprint density at radius 2 is 2.00 bits per heavy atom. The Labute approximate surface area is 57.6 Å². The molecular formula is C9H15. The predicted octanol–water partition coefficient (Wildman–Crippen LogP) is 2.65. The van der Waals surface area contributed by atoms with Crippen LogP contribution in [-0.4, -0.2) is 0 Å². The fourth-order valence-corrected chi connectivity index (χ4v) is 2.19. The molecule has 3 atom stereocenters. The molecule has 0 aromatic rings. The predicted molar refractivity (Wildman–Crippen MR) is 38.9 cm³/mol. The summed E-state index contributed by atoms with van der Waals surface area (Å²) in [6.07, 6.45) is 8.48. The van der Waals surface area contributed by atoms with Gasteiger partial charge in [-0.05, 0) is 49.9 Å². The van der Waals surface area contributed by atoms with Crippen LogP contribution in [0.1, 0.15) is 32.6 Å². The molecule has 0 heteroatoms. The lowest BCUT2D eigenvalue weighted by Gasteiger charge is -2.18. The summed E-state index contributed by atoms with van der Waals surface area (Å²) in [5, 5.41) is 0. The van der Waals surface area contributed by atoms with Crippen molar-refractivity contribution in [2.45, 2.75) is 32.6 Å². The first-order valence-corrected chi connectivity index (χ1v) is 4.19. The summed E-state index contributed by atoms with van der Waals surface area (Å²) >= 11 is 0. The van der Waals surface area contributed by atoms with E-state index >= 15 is 0 Å². The van der Waals surface area contributed by atoms with Gasteiger partial charge in [-0.25, -0.2) is 0 Å². The first-order chi connectivity index (χ1) is 4.40. The van der Waals surface area contributed by atoms with Crippen molar-refractivity contribution in [1.29, 1.82) is 0 Å². The van der Waals surface area contributed by atoms with E-state index in [9.17, 15) is 0 Å². The van der Waals surface area contributed by atoms with Gasteiger partial charge in [0.05, 0.1) is 0 Å². The van der Waals surface area contributed by atoms with Gasteiger partial charge < -0.3 is 0 Å². The highest BCUT2D eigenvalue weighted by Crippen LogP contribution is 2.51. The zero-order valence-corrected chi connectivity index (χ0v) is 6.14. The van der Waals surface area contributed by atoms with Gasteiger partial charge in [0.1, 0.15) is 0 Å². The molecule has 0 amide bonds. The number of rotatable bonds is 1. The molecular weight excluding hydrogens is 108 g/mol. The summed E-state index contributed by atoms with van der Waals surface area (Å²) in [6.45, 7) is 2.22. The fourth-order valence-electron chi connectivity index (χ4n) is 2.19. The van der Waals surface area contributed by atoms with Crippen molar-refractivity contribution in [1.82, 2.24) is 0 Å². The molecule has 2 aliphatic carbocycles. The molecule has 1 radical (unpaired) electrons. The molecule has 2 rings (SSSR count). The maximum Gasteiger partial charge on any atom is -0.0380 e. The highest BCUT2D eigenvalue weighted by atomic mass is 14.5. The zero-order valence-electron chi connectivity index (χ0n) is 6.14. The van der Waals surface area contributed by atoms with Gasteiger partial charge in [-0.15, -0.1) is 0 Å². The minimum absolute atomic E-state index is 0.980. The standard InChI is InChI=1S/C9H15/c1-2-7-3-4-8-6-9(8)5-7/h2,7-9H,3-6H2,1H3. The van der Waals surface area contributed by atoms with Crippen molar-refractivity contribution >= 4 is 0 Å². The molecule has 0 spiro atoms. The van der Waals surface area contributed by atoms with Gasteiger partial charge >= 0.3 is 0 Å². The second-order valence-corrected chi connectivity index (χ2v) is 3.66. The monoisotopic (exact) mass is 123 g/mol. The van der Waals surface area contributed by atoms with E-state index in [1.807, 2.05) is 0 Å². The van der Waals surface area contributed by atoms with Crippen molar-refractivity contribution in [2.75, 3.05) is 0 Å². The average molecular weight is 123 g/mol. The average Bonchev–Trinajstić information content (AvgIpc) is 2.64. The first-order valence-electron chi connectivity index (χ1n) is 4.19. The smallest absolute Gasteiger partial charge is 0.0380 e. The molecule has 3 unspecified atom stereocenters. The lowest BCUT2D eigenvalue weighted by molar-refractivity contribution is 0.381. The number of hydrogen-bond acceptors (Lipinski definition) is 0. The Bertz CT molecular complexity index is 107. The first kappa shape index (κ1) is 5.76. The highest BCUT2D eigenvalue weighted by Gasteiger charge is 2.41. The van der Waals surface area contributed by atoms with E-state index in [0.29, 0.717) is 0 Å². The molecule has 0 N–H and O–H groups in total. The van der Waals surface area contributed by atoms with Crippen molar-refractivity contribution in [3.05, 3.63) is 6.42 Å². The molecule has 2 aliphatic rings. The van der Waals surface area contributed by atoms with Crippen LogP contribution in [0.4, 0.5) is 0 Å². The van der Waals surface area contributed by atoms with Gasteiger partial charge in [0.2, 0.25) is 0 Å². The topological polar surface area (TPSA) is 0 Å². The molecule has 0 heterocycles. The molecule has 2 fully saturated rings. The fraction of sp³-hybridized carbons (Fsp3) is 0.889. The Balaban J connectivity index is 1.86. The van der Waals surface area contributed by atoms with Crippen molar-refractivity contribution in [2.24, 2.45) is 17.8 Å². The second-order valence-electron chi connectivity index (χ2n) is 3.66. The van der Waals surface area contributed by atoms with Crippen LogP contribution in [0.3, 0.4) is 0 Å². The molecule has 0 saturated heterocycles. The second kappa shape index (κ2) is 2.00. The molecule has 2 saturated carbocycles. The Morgan fingerprint density at radius 3 is 2.67 bits per heavy atom. The molecule has 9 heavy (non-hydrogen) atoms. The summed E-state index contributed by atoms with van der Waals surface area (Å²) in [6, 6.07) is 0. The van der Waals surface area contributed by atoms with Crippen LogP contribution in [0.2, 0.25) is 0 Å². The van der Waals surface area contributed by atoms with Crippen LogP contribution in [0.25, 0.3) is 0 Å². The quantitative estimate of drug-likeness (QED) is 0.503. The largest absolute Gasteiger partial charge is 0.0620 e. The molecule has 51 valence electrons. The lowest BCUT2D eigenvalue weighted by Crippen LogP contribution is -2.07. The Morgan fingerprint density at radius 1 is 1.11 bits per heavy atom. The third-order valence-electron chi connectivity index (χ3n) is 3.05. The van der Waals surface area contributed by atoms with Crippen molar-refractivity contribution < 1.29 is 0 Å². The summed E-state index contributed by atoms with van der Waals surface area (Å²) in [5.74, 6) is 3.30. The maximum absolute atomic E-state index is 2.40. The third-order valence-corrected chi connectivity index (χ3v) is 3.05. The third kappa shape index (κ3) is 0.997. The van der Waals surface area contributed by atoms with Gasteiger partial charge in [-0.3, -0.25) is 0 Å². The Hall–Kier alpha value is 0. The summed E-state index contributed by atoms with van der Waals surface area (Å²) in [7, 11) is 0. The normalized spacial score (nSPS) is 48.3. The minimum Gasteiger partial charge on any atom is -0.0620 e. The number of hydrogen-bond donors (Lipinski definition) is 0. The van der Waals surface area contributed by atoms with Gasteiger partial charge in [-0.1, -0.05) is 6.92 Å². The van der Waals surface area contributed by atoms with Crippen LogP contribution in [0, 0.1) is 24.2 Å². The maximum atomic E-state index is 2.40. The summed E-state index contributed by atoms with van der Waals surface area (Å²) in [5.41, 5.74) is 0. The van der Waals surface area contributed by atoms with Crippen LogP contribution < -0.4 is 0 Å². The van der Waals surface area contributed by atoms with Gasteiger partial charge in [0.25, 0.3) is 0 Å². The van der Waals surface area contributed by atoms with E-state index in [4.69, 9.17) is 0 Å². The van der Waals surface area contributed by atoms with E-state index in [2.05, 4.69) is 13.3 Å². The van der Waals surface area contributed by atoms with Gasteiger partial charge in [0.15, 0.2) is 0 Å². The van der Waals surface area contributed by atoms with Crippen molar-refractivity contribution in [3.8, 4) is 0 Å². The molecule has 0 aromatic heterocycles. The molecule has 0 aliphatic heterocycles. The van der Waals surface area contributed by atoms with Crippen LogP contribution in [0.15, 0.2) is 0 Å². The summed E-state index contributed by atoms with van der Waals surface area (Å²) < 4.78 is 0. The lowest BCUT2D eigenvalue weighted by atomic mass is 9.88.